The first-order chi connectivity index (χ1) is 13.4. The van der Waals surface area contributed by atoms with Gasteiger partial charge in [-0.25, -0.2) is 4.98 Å². The summed E-state index contributed by atoms with van der Waals surface area (Å²) >= 11 is 0. The average Bonchev–Trinajstić information content (AvgIpc) is 3.26. The standard InChI is InChI=1S/C22H22N4O/c1-2-4-19(5-3-1)16-26-12-10-18(11-13-26)14-24-25-21-8-6-20(7-9-21)22-15-23-17-27-22/h1-10,14-15,17,25H,11-13,16H2/b24-14+. The maximum absolute atomic E-state index is 5.29. The molecule has 0 saturated carbocycles. The van der Waals surface area contributed by atoms with Crippen molar-refractivity contribution in [1.82, 2.24) is 9.88 Å². The highest BCUT2D eigenvalue weighted by Gasteiger charge is 2.10. The SMILES string of the molecule is C1=C(/C=N/Nc2ccc(-c3cnco3)cc2)CCN(Cc2ccccc2)C1. The van der Waals surface area contributed by atoms with Crippen LogP contribution in [0.4, 0.5) is 5.69 Å². The second-order valence-electron chi connectivity index (χ2n) is 6.56. The van der Waals surface area contributed by atoms with Crippen LogP contribution in [0.5, 0.6) is 0 Å². The molecule has 3 aromatic rings. The highest BCUT2D eigenvalue weighted by molar-refractivity contribution is 5.79. The molecule has 0 saturated heterocycles. The van der Waals surface area contributed by atoms with E-state index in [-0.39, 0.29) is 0 Å². The zero-order valence-corrected chi connectivity index (χ0v) is 15.1. The van der Waals surface area contributed by atoms with Crippen molar-refractivity contribution in [2.45, 2.75) is 13.0 Å². The van der Waals surface area contributed by atoms with E-state index < -0.39 is 0 Å². The third kappa shape index (κ3) is 4.71. The van der Waals surface area contributed by atoms with E-state index in [1.54, 1.807) is 6.20 Å². The molecule has 136 valence electrons. The van der Waals surface area contributed by atoms with Crippen molar-refractivity contribution in [1.29, 1.82) is 0 Å². The Morgan fingerprint density at radius 2 is 1.96 bits per heavy atom. The van der Waals surface area contributed by atoms with Gasteiger partial charge < -0.3 is 4.42 Å². The van der Waals surface area contributed by atoms with Gasteiger partial charge in [0.25, 0.3) is 0 Å². The lowest BCUT2D eigenvalue weighted by Crippen LogP contribution is -2.28. The van der Waals surface area contributed by atoms with Crippen molar-refractivity contribution >= 4 is 11.9 Å². The van der Waals surface area contributed by atoms with Crippen LogP contribution in [0.2, 0.25) is 0 Å². The van der Waals surface area contributed by atoms with Gasteiger partial charge in [-0.15, -0.1) is 0 Å². The van der Waals surface area contributed by atoms with Crippen LogP contribution in [0.1, 0.15) is 12.0 Å². The minimum atomic E-state index is 0.762. The van der Waals surface area contributed by atoms with Crippen LogP contribution in [0, 0.1) is 0 Å². The van der Waals surface area contributed by atoms with Gasteiger partial charge in [-0.2, -0.15) is 5.10 Å². The van der Waals surface area contributed by atoms with E-state index in [1.807, 2.05) is 30.5 Å². The summed E-state index contributed by atoms with van der Waals surface area (Å²) in [6.45, 7) is 3.01. The van der Waals surface area contributed by atoms with E-state index in [0.717, 1.165) is 43.1 Å². The fraction of sp³-hybridized carbons (Fsp3) is 0.182. The highest BCUT2D eigenvalue weighted by Crippen LogP contribution is 2.20. The third-order valence-corrected chi connectivity index (χ3v) is 4.60. The molecule has 5 nitrogen and oxygen atoms in total. The number of benzene rings is 2. The molecule has 0 spiro atoms. The molecule has 1 aliphatic heterocycles. The Labute approximate surface area is 159 Å². The van der Waals surface area contributed by atoms with Crippen LogP contribution in [-0.2, 0) is 6.54 Å². The molecule has 0 radical (unpaired) electrons. The van der Waals surface area contributed by atoms with Crippen molar-refractivity contribution in [2.24, 2.45) is 5.10 Å². The lowest BCUT2D eigenvalue weighted by Gasteiger charge is -2.25. The summed E-state index contributed by atoms with van der Waals surface area (Å²) in [6.07, 6.45) is 8.33. The molecule has 0 unspecified atom stereocenters. The molecule has 1 aromatic heterocycles. The van der Waals surface area contributed by atoms with Gasteiger partial charge in [-0.1, -0.05) is 36.4 Å². The van der Waals surface area contributed by atoms with Gasteiger partial charge >= 0.3 is 0 Å². The zero-order chi connectivity index (χ0) is 18.3. The van der Waals surface area contributed by atoms with Gasteiger partial charge in [-0.3, -0.25) is 10.3 Å². The second kappa shape index (κ2) is 8.47. The Hall–Kier alpha value is -3.18. The Morgan fingerprint density at radius 3 is 2.67 bits per heavy atom. The van der Waals surface area contributed by atoms with E-state index in [1.165, 1.54) is 17.5 Å². The third-order valence-electron chi connectivity index (χ3n) is 4.60. The first-order valence-corrected chi connectivity index (χ1v) is 9.10. The first kappa shape index (κ1) is 17.2. The Balaban J connectivity index is 1.28. The molecule has 1 N–H and O–H groups in total. The predicted octanol–water partition coefficient (Wildman–Crippen LogP) is 4.57. The molecule has 4 rings (SSSR count). The van der Waals surface area contributed by atoms with Crippen LogP contribution in [0.25, 0.3) is 11.3 Å². The van der Waals surface area contributed by atoms with Gasteiger partial charge in [-0.05, 0) is 41.8 Å². The van der Waals surface area contributed by atoms with Gasteiger partial charge in [0.2, 0.25) is 0 Å². The minimum absolute atomic E-state index is 0.762. The van der Waals surface area contributed by atoms with E-state index in [9.17, 15) is 0 Å². The molecule has 0 aliphatic carbocycles. The molecule has 2 aromatic carbocycles. The molecular weight excluding hydrogens is 336 g/mol. The lowest BCUT2D eigenvalue weighted by molar-refractivity contribution is 0.288. The van der Waals surface area contributed by atoms with Crippen LogP contribution < -0.4 is 5.43 Å². The number of aromatic nitrogens is 1. The number of oxazole rings is 1. The van der Waals surface area contributed by atoms with Crippen molar-refractivity contribution in [3.8, 4) is 11.3 Å². The fourth-order valence-corrected chi connectivity index (χ4v) is 3.09. The topological polar surface area (TPSA) is 53.7 Å². The number of rotatable bonds is 6. The average molecular weight is 358 g/mol. The van der Waals surface area contributed by atoms with E-state index in [0.29, 0.717) is 0 Å². The molecule has 0 atom stereocenters. The van der Waals surface area contributed by atoms with E-state index >= 15 is 0 Å². The number of hydrazone groups is 1. The summed E-state index contributed by atoms with van der Waals surface area (Å²) in [7, 11) is 0. The molecule has 0 fully saturated rings. The molecule has 2 heterocycles. The molecule has 27 heavy (non-hydrogen) atoms. The van der Waals surface area contributed by atoms with Gasteiger partial charge in [0, 0.05) is 25.2 Å². The van der Waals surface area contributed by atoms with E-state index in [4.69, 9.17) is 4.42 Å². The van der Waals surface area contributed by atoms with Crippen LogP contribution in [-0.4, -0.2) is 29.2 Å². The minimum Gasteiger partial charge on any atom is -0.444 e. The number of nitrogens with one attached hydrogen (secondary N) is 1. The number of nitrogens with zero attached hydrogens (tertiary/aromatic N) is 3. The first-order valence-electron chi connectivity index (χ1n) is 9.10. The molecule has 0 amide bonds. The lowest BCUT2D eigenvalue weighted by atomic mass is 10.1. The fourth-order valence-electron chi connectivity index (χ4n) is 3.09. The maximum atomic E-state index is 5.29. The van der Waals surface area contributed by atoms with E-state index in [2.05, 4.69) is 56.8 Å². The second-order valence-corrected chi connectivity index (χ2v) is 6.56. The van der Waals surface area contributed by atoms with Crippen molar-refractivity contribution < 1.29 is 4.42 Å². The van der Waals surface area contributed by atoms with Crippen LogP contribution in [0.15, 0.2) is 88.4 Å². The van der Waals surface area contributed by atoms with Gasteiger partial charge in [0.05, 0.1) is 18.1 Å². The number of hydrogen-bond acceptors (Lipinski definition) is 5. The normalized spacial score (nSPS) is 15.0. The smallest absolute Gasteiger partial charge is 0.181 e. The summed E-state index contributed by atoms with van der Waals surface area (Å²) in [5.41, 5.74) is 7.65. The monoisotopic (exact) mass is 358 g/mol. The Kier molecular flexibility index (Phi) is 5.41. The van der Waals surface area contributed by atoms with Gasteiger partial charge in [0.1, 0.15) is 0 Å². The summed E-state index contributed by atoms with van der Waals surface area (Å²) in [5, 5.41) is 4.37. The maximum Gasteiger partial charge on any atom is 0.181 e. The van der Waals surface area contributed by atoms with Crippen molar-refractivity contribution in [3.63, 3.8) is 0 Å². The summed E-state index contributed by atoms with van der Waals surface area (Å²) < 4.78 is 5.29. The Bertz CT molecular complexity index is 899. The Morgan fingerprint density at radius 1 is 1.11 bits per heavy atom. The van der Waals surface area contributed by atoms with Crippen LogP contribution >= 0.6 is 0 Å². The highest BCUT2D eigenvalue weighted by atomic mass is 16.3. The number of anilines is 1. The number of hydrogen-bond donors (Lipinski definition) is 1. The zero-order valence-electron chi connectivity index (χ0n) is 15.1. The molecular formula is C22H22N4O. The largest absolute Gasteiger partial charge is 0.444 e. The quantitative estimate of drug-likeness (QED) is 0.518. The predicted molar refractivity (Wildman–Crippen MR) is 108 cm³/mol. The molecule has 1 aliphatic rings. The van der Waals surface area contributed by atoms with Crippen molar-refractivity contribution in [3.05, 3.63) is 84.4 Å². The molecule has 0 bridgehead atoms. The summed E-state index contributed by atoms with van der Waals surface area (Å²) in [5.74, 6) is 0.762. The van der Waals surface area contributed by atoms with Crippen molar-refractivity contribution in [2.75, 3.05) is 18.5 Å². The summed E-state index contributed by atoms with van der Waals surface area (Å²) in [6, 6.07) is 18.5. The van der Waals surface area contributed by atoms with Crippen LogP contribution in [0.3, 0.4) is 0 Å². The molecule has 5 heteroatoms. The summed E-state index contributed by atoms with van der Waals surface area (Å²) in [4.78, 5) is 6.38. The van der Waals surface area contributed by atoms with Gasteiger partial charge in [0.15, 0.2) is 12.2 Å².